The van der Waals surface area contributed by atoms with Gasteiger partial charge in [-0.3, -0.25) is 4.79 Å². The molecule has 5 aromatic carbocycles. The number of ketones is 1. The summed E-state index contributed by atoms with van der Waals surface area (Å²) in [6.07, 6.45) is -7.29. The minimum absolute atomic E-state index is 0.0161. The van der Waals surface area contributed by atoms with E-state index in [1.54, 1.807) is 24.3 Å². The van der Waals surface area contributed by atoms with E-state index in [4.69, 9.17) is 8.37 Å². The summed E-state index contributed by atoms with van der Waals surface area (Å²) in [6.45, 7) is 1.86. The highest BCUT2D eigenvalue weighted by atomic mass is 32.3. The van der Waals surface area contributed by atoms with Gasteiger partial charge in [-0.25, -0.2) is 3.63 Å². The number of carbonyl (C=O) groups excluding carboxylic acids is 1. The Morgan fingerprint density at radius 1 is 0.679 bits per heavy atom. The standard InChI is InChI=1S/C37H25F9O5S2/c1-24-13-15-25(16-14-24)17-21-31(47)27-18-20-30-26(23-27)19-22-32(50-2)33(30)52(28-9-5-3-6-10-28,29-11-7-4-8-12-29)51-53(48,49)37(45,46)35(40,41)34(38,39)36(42,43)44/h3-16,18-20,22-23H,1-2H3. The van der Waals surface area contributed by atoms with Crippen molar-refractivity contribution in [2.45, 2.75) is 44.9 Å². The van der Waals surface area contributed by atoms with Crippen molar-refractivity contribution in [1.29, 1.82) is 0 Å². The van der Waals surface area contributed by atoms with Gasteiger partial charge < -0.3 is 4.74 Å². The highest BCUT2D eigenvalue weighted by Gasteiger charge is 2.86. The van der Waals surface area contributed by atoms with Crippen LogP contribution in [0.3, 0.4) is 0 Å². The molecule has 0 spiro atoms. The van der Waals surface area contributed by atoms with Crippen molar-refractivity contribution in [2.24, 2.45) is 0 Å². The summed E-state index contributed by atoms with van der Waals surface area (Å²) in [5, 5.41) is -7.11. The van der Waals surface area contributed by atoms with Crippen molar-refractivity contribution >= 4 is 37.0 Å². The topological polar surface area (TPSA) is 69.7 Å². The first-order valence-corrected chi connectivity index (χ1v) is 18.0. The van der Waals surface area contributed by atoms with Gasteiger partial charge in [-0.05, 0) is 83.1 Å². The molecule has 0 unspecified atom stereocenters. The van der Waals surface area contributed by atoms with E-state index in [0.29, 0.717) is 5.56 Å². The highest BCUT2D eigenvalue weighted by molar-refractivity contribution is 8.33. The average Bonchev–Trinajstić information content (AvgIpc) is 3.12. The normalized spacial score (nSPS) is 13.3. The molecule has 0 bridgehead atoms. The lowest BCUT2D eigenvalue weighted by Gasteiger charge is -2.42. The third kappa shape index (κ3) is 6.84. The number of carbonyl (C=O) groups is 1. The van der Waals surface area contributed by atoms with Crippen LogP contribution in [0.2, 0.25) is 0 Å². The number of aryl methyl sites for hydroxylation is 1. The maximum Gasteiger partial charge on any atom is 0.460 e. The molecule has 5 rings (SSSR count). The van der Waals surface area contributed by atoms with Crippen LogP contribution in [-0.4, -0.2) is 44.6 Å². The molecule has 5 nitrogen and oxygen atoms in total. The Kier molecular flexibility index (Phi) is 10.4. The number of hydrogen-bond acceptors (Lipinski definition) is 5. The smallest absolute Gasteiger partial charge is 0.460 e. The predicted molar refractivity (Wildman–Crippen MR) is 179 cm³/mol. The monoisotopic (exact) mass is 784 g/mol. The van der Waals surface area contributed by atoms with Crippen LogP contribution >= 0.6 is 10.3 Å². The van der Waals surface area contributed by atoms with Crippen LogP contribution < -0.4 is 4.74 Å². The number of fused-ring (bicyclic) bond motifs is 1. The van der Waals surface area contributed by atoms with Crippen LogP contribution in [0.15, 0.2) is 130 Å². The molecule has 0 amide bonds. The lowest BCUT2D eigenvalue weighted by molar-refractivity contribution is -0.382. The summed E-state index contributed by atoms with van der Waals surface area (Å²) in [7, 11) is -10.8. The second-order valence-corrected chi connectivity index (χ2v) is 15.8. The van der Waals surface area contributed by atoms with Gasteiger partial charge in [0, 0.05) is 26.3 Å². The molecule has 278 valence electrons. The third-order valence-electron chi connectivity index (χ3n) is 7.85. The summed E-state index contributed by atoms with van der Waals surface area (Å²) in [6, 6.07) is 26.0. The van der Waals surface area contributed by atoms with Crippen molar-refractivity contribution in [2.75, 3.05) is 7.11 Å². The molecule has 0 radical (unpaired) electrons. The van der Waals surface area contributed by atoms with E-state index >= 15 is 8.78 Å². The number of ether oxygens (including phenoxy) is 1. The van der Waals surface area contributed by atoms with Gasteiger partial charge in [0.1, 0.15) is 5.75 Å². The molecule has 0 saturated carbocycles. The van der Waals surface area contributed by atoms with Crippen molar-refractivity contribution in [1.82, 2.24) is 0 Å². The lowest BCUT2D eigenvalue weighted by Crippen LogP contribution is -2.63. The van der Waals surface area contributed by atoms with Gasteiger partial charge in [-0.1, -0.05) is 72.1 Å². The number of benzene rings is 5. The summed E-state index contributed by atoms with van der Waals surface area (Å²) in [5.41, 5.74) is 1.51. The first kappa shape index (κ1) is 39.2. The van der Waals surface area contributed by atoms with E-state index < -0.39 is 54.4 Å². The molecule has 5 aromatic rings. The summed E-state index contributed by atoms with van der Waals surface area (Å²) < 4.78 is 165. The Morgan fingerprint density at radius 3 is 1.74 bits per heavy atom. The number of hydrogen-bond donors (Lipinski definition) is 0. The summed E-state index contributed by atoms with van der Waals surface area (Å²) in [5.74, 6) is -10.8. The fraction of sp³-hybridized carbons (Fsp3) is 0.162. The Bertz CT molecular complexity index is 2280. The Hall–Kier alpha value is -4.98. The Balaban J connectivity index is 1.81. The summed E-state index contributed by atoms with van der Waals surface area (Å²) in [4.78, 5) is 12.1. The van der Waals surface area contributed by atoms with Crippen LogP contribution in [0.25, 0.3) is 10.8 Å². The van der Waals surface area contributed by atoms with Gasteiger partial charge in [0.15, 0.2) is 0 Å². The molecule has 0 heterocycles. The first-order valence-electron chi connectivity index (χ1n) is 15.0. The van der Waals surface area contributed by atoms with Gasteiger partial charge in [0.05, 0.1) is 12.0 Å². The van der Waals surface area contributed by atoms with Crippen LogP contribution in [-0.2, 0) is 13.7 Å². The van der Waals surface area contributed by atoms with E-state index in [2.05, 4.69) is 11.8 Å². The van der Waals surface area contributed by atoms with Crippen molar-refractivity contribution in [3.63, 3.8) is 0 Å². The molecule has 0 aliphatic rings. The minimum atomic E-state index is -7.56. The molecule has 16 heteroatoms. The molecule has 0 atom stereocenters. The second kappa shape index (κ2) is 14.1. The number of halogens is 9. The van der Waals surface area contributed by atoms with Crippen LogP contribution in [0.5, 0.6) is 5.75 Å². The second-order valence-electron chi connectivity index (χ2n) is 11.3. The first-order chi connectivity index (χ1) is 24.7. The maximum absolute atomic E-state index is 15.4. The van der Waals surface area contributed by atoms with E-state index in [-0.39, 0.29) is 31.9 Å². The SMILES string of the molecule is COc1ccc2cc(C(=O)C#Cc3ccc(C)cc3)ccc2c1S(OS(=O)(=O)C(F)(F)C(F)(F)C(F)(F)C(F)(F)F)(c1ccccc1)c1ccccc1. The van der Waals surface area contributed by atoms with Crippen molar-refractivity contribution < 1.29 is 61.1 Å². The maximum atomic E-state index is 15.4. The van der Waals surface area contributed by atoms with Gasteiger partial charge in [0.2, 0.25) is 5.78 Å². The number of rotatable bonds is 10. The zero-order valence-corrected chi connectivity index (χ0v) is 28.9. The molecular weight excluding hydrogens is 760 g/mol. The quantitative estimate of drug-likeness (QED) is 0.0802. The van der Waals surface area contributed by atoms with Gasteiger partial charge in [-0.2, -0.15) is 47.9 Å². The molecule has 0 fully saturated rings. The fourth-order valence-electron chi connectivity index (χ4n) is 5.12. The molecule has 0 N–H and O–H groups in total. The average molecular weight is 785 g/mol. The highest BCUT2D eigenvalue weighted by Crippen LogP contribution is 2.74. The molecule has 0 aromatic heterocycles. The van der Waals surface area contributed by atoms with E-state index in [1.165, 1.54) is 66.7 Å². The minimum Gasteiger partial charge on any atom is -0.496 e. The van der Waals surface area contributed by atoms with Crippen LogP contribution in [0.4, 0.5) is 39.5 Å². The Morgan fingerprint density at radius 2 is 1.23 bits per heavy atom. The third-order valence-corrected chi connectivity index (χ3v) is 13.1. The lowest BCUT2D eigenvalue weighted by atomic mass is 10.0. The number of alkyl halides is 9. The molecule has 0 saturated heterocycles. The molecule has 0 aliphatic heterocycles. The van der Waals surface area contributed by atoms with Gasteiger partial charge >= 0.3 is 33.4 Å². The molecular formula is C37H25F9O5S2. The molecule has 0 aliphatic carbocycles. The van der Waals surface area contributed by atoms with Crippen LogP contribution in [0.1, 0.15) is 21.5 Å². The largest absolute Gasteiger partial charge is 0.496 e. The summed E-state index contributed by atoms with van der Waals surface area (Å²) >= 11 is 0. The fourth-order valence-corrected chi connectivity index (χ4v) is 10.6. The van der Waals surface area contributed by atoms with E-state index in [9.17, 15) is 43.9 Å². The van der Waals surface area contributed by atoms with Crippen LogP contribution in [0, 0.1) is 18.8 Å². The van der Waals surface area contributed by atoms with Gasteiger partial charge in [0.25, 0.3) is 0 Å². The predicted octanol–water partition coefficient (Wildman–Crippen LogP) is 10.4. The van der Waals surface area contributed by atoms with Gasteiger partial charge in [-0.15, -0.1) is 0 Å². The zero-order chi connectivity index (χ0) is 39.0. The van der Waals surface area contributed by atoms with Crippen molar-refractivity contribution in [3.8, 4) is 17.6 Å². The molecule has 53 heavy (non-hydrogen) atoms. The number of methoxy groups -OCH3 is 1. The zero-order valence-electron chi connectivity index (χ0n) is 27.2. The Labute approximate surface area is 299 Å². The van der Waals surface area contributed by atoms with E-state index in [1.807, 2.05) is 6.92 Å². The van der Waals surface area contributed by atoms with E-state index in [0.717, 1.165) is 36.9 Å². The van der Waals surface area contributed by atoms with Crippen molar-refractivity contribution in [3.05, 3.63) is 132 Å². The number of Topliss-reactive ketones (excluding diaryl/α,β-unsaturated/α-hetero) is 1.